The molecule has 2 rings (SSSR count). The van der Waals surface area contributed by atoms with Gasteiger partial charge in [-0.25, -0.2) is 0 Å². The second-order valence-electron chi connectivity index (χ2n) is 3.45. The van der Waals surface area contributed by atoms with Crippen LogP contribution >= 0.6 is 0 Å². The van der Waals surface area contributed by atoms with E-state index in [1.807, 2.05) is 0 Å². The molecule has 1 aromatic rings. The molecule has 1 aliphatic rings. The van der Waals surface area contributed by atoms with Crippen molar-refractivity contribution in [3.05, 3.63) is 11.6 Å². The highest BCUT2D eigenvalue weighted by atomic mass is 32.2. The van der Waals surface area contributed by atoms with Gasteiger partial charge in [0.1, 0.15) is 0 Å². The highest BCUT2D eigenvalue weighted by Gasteiger charge is 2.49. The van der Waals surface area contributed by atoms with E-state index in [9.17, 15) is 21.6 Å². The SMILES string of the molecule is O=S(=O)(Oc1cc2c(nn1)OCCC2)C(F)(F)F. The van der Waals surface area contributed by atoms with Crippen LogP contribution in [0.3, 0.4) is 0 Å². The minimum atomic E-state index is -5.72. The van der Waals surface area contributed by atoms with E-state index in [0.717, 1.165) is 6.07 Å². The van der Waals surface area contributed by atoms with Crippen LogP contribution in [-0.2, 0) is 16.5 Å². The molecular weight excluding hydrogens is 277 g/mol. The number of rotatable bonds is 2. The predicted octanol–water partition coefficient (Wildman–Crippen LogP) is 1.03. The Labute approximate surface area is 99.9 Å². The molecule has 0 aliphatic carbocycles. The number of alkyl halides is 3. The lowest BCUT2D eigenvalue weighted by molar-refractivity contribution is -0.0501. The number of aromatic nitrogens is 2. The Hall–Kier alpha value is -1.58. The van der Waals surface area contributed by atoms with Gasteiger partial charge in [-0.05, 0) is 12.8 Å². The number of nitrogens with zero attached hydrogens (tertiary/aromatic N) is 2. The van der Waals surface area contributed by atoms with Crippen molar-refractivity contribution in [2.24, 2.45) is 0 Å². The van der Waals surface area contributed by atoms with E-state index in [1.165, 1.54) is 0 Å². The normalized spacial score (nSPS) is 15.7. The first-order valence-corrected chi connectivity index (χ1v) is 6.20. The van der Waals surface area contributed by atoms with Gasteiger partial charge in [0.2, 0.25) is 5.88 Å². The predicted molar refractivity (Wildman–Crippen MR) is 51.5 cm³/mol. The van der Waals surface area contributed by atoms with E-state index in [2.05, 4.69) is 14.4 Å². The van der Waals surface area contributed by atoms with Crippen LogP contribution < -0.4 is 8.92 Å². The number of hydrogen-bond acceptors (Lipinski definition) is 6. The molecule has 1 aromatic heterocycles. The summed E-state index contributed by atoms with van der Waals surface area (Å²) in [5.74, 6) is -0.547. The zero-order valence-electron chi connectivity index (χ0n) is 8.77. The maximum Gasteiger partial charge on any atom is 0.534 e. The fraction of sp³-hybridized carbons (Fsp3) is 0.500. The number of hydrogen-bond donors (Lipinski definition) is 0. The van der Waals surface area contributed by atoms with E-state index < -0.39 is 21.5 Å². The van der Waals surface area contributed by atoms with Crippen molar-refractivity contribution < 1.29 is 30.5 Å². The maximum absolute atomic E-state index is 12.1. The Kier molecular flexibility index (Phi) is 3.05. The van der Waals surface area contributed by atoms with Crippen LogP contribution in [0.4, 0.5) is 13.2 Å². The monoisotopic (exact) mass is 284 g/mol. The summed E-state index contributed by atoms with van der Waals surface area (Å²) in [6, 6.07) is 1.07. The molecule has 6 nitrogen and oxygen atoms in total. The van der Waals surface area contributed by atoms with Crippen molar-refractivity contribution in [1.82, 2.24) is 10.2 Å². The Morgan fingerprint density at radius 2 is 2.06 bits per heavy atom. The van der Waals surface area contributed by atoms with Gasteiger partial charge in [-0.3, -0.25) is 0 Å². The summed E-state index contributed by atoms with van der Waals surface area (Å²) in [5, 5.41) is 6.67. The zero-order valence-corrected chi connectivity index (χ0v) is 9.58. The third kappa shape index (κ3) is 2.47. The Morgan fingerprint density at radius 3 is 2.72 bits per heavy atom. The van der Waals surface area contributed by atoms with Crippen LogP contribution in [0.15, 0.2) is 6.07 Å². The van der Waals surface area contributed by atoms with E-state index >= 15 is 0 Å². The summed E-state index contributed by atoms with van der Waals surface area (Å²) in [5.41, 5.74) is -5.04. The molecule has 0 bridgehead atoms. The fourth-order valence-corrected chi connectivity index (χ4v) is 1.73. The third-order valence-corrected chi connectivity index (χ3v) is 3.08. The van der Waals surface area contributed by atoms with Crippen LogP contribution in [0.5, 0.6) is 11.8 Å². The molecule has 0 saturated heterocycles. The first-order chi connectivity index (χ1) is 8.29. The van der Waals surface area contributed by atoms with E-state index in [1.54, 1.807) is 0 Å². The minimum absolute atomic E-state index is 0.179. The number of halogens is 3. The maximum atomic E-state index is 12.1. The molecule has 0 amide bonds. The van der Waals surface area contributed by atoms with Gasteiger partial charge in [0.15, 0.2) is 0 Å². The second-order valence-corrected chi connectivity index (χ2v) is 4.99. The lowest BCUT2D eigenvalue weighted by Crippen LogP contribution is -2.28. The van der Waals surface area contributed by atoms with Crippen LogP contribution in [0.25, 0.3) is 0 Å². The summed E-state index contributed by atoms with van der Waals surface area (Å²) in [6.07, 6.45) is 1.16. The highest BCUT2D eigenvalue weighted by molar-refractivity contribution is 7.87. The summed E-state index contributed by atoms with van der Waals surface area (Å²) in [7, 11) is -5.72. The summed E-state index contributed by atoms with van der Waals surface area (Å²) < 4.78 is 66.6. The van der Waals surface area contributed by atoms with Gasteiger partial charge < -0.3 is 8.92 Å². The van der Waals surface area contributed by atoms with E-state index in [0.29, 0.717) is 25.0 Å². The fourth-order valence-electron chi connectivity index (χ4n) is 1.33. The standard InChI is InChI=1S/C8H7F3N2O4S/c9-8(10,11)18(14,15)17-6-4-5-2-1-3-16-7(5)13-12-6/h4H,1-3H2. The van der Waals surface area contributed by atoms with Crippen LogP contribution in [0.2, 0.25) is 0 Å². The van der Waals surface area contributed by atoms with Gasteiger partial charge in [0.05, 0.1) is 6.61 Å². The Bertz CT molecular complexity index is 558. The third-order valence-electron chi connectivity index (χ3n) is 2.12. The first-order valence-electron chi connectivity index (χ1n) is 4.80. The summed E-state index contributed by atoms with van der Waals surface area (Å²) >= 11 is 0. The second kappa shape index (κ2) is 4.26. The summed E-state index contributed by atoms with van der Waals surface area (Å²) in [6.45, 7) is 0.433. The van der Waals surface area contributed by atoms with Gasteiger partial charge in [0.25, 0.3) is 5.88 Å². The summed E-state index contributed by atoms with van der Waals surface area (Å²) in [4.78, 5) is 0. The van der Waals surface area contributed by atoms with Crippen molar-refractivity contribution in [3.8, 4) is 11.8 Å². The molecule has 1 aliphatic heterocycles. The molecule has 2 heterocycles. The lowest BCUT2D eigenvalue weighted by atomic mass is 10.1. The molecule has 0 unspecified atom stereocenters. The van der Waals surface area contributed by atoms with Gasteiger partial charge in [-0.1, -0.05) is 0 Å². The lowest BCUT2D eigenvalue weighted by Gasteiger charge is -2.15. The number of ether oxygens (including phenoxy) is 1. The van der Waals surface area contributed by atoms with Crippen molar-refractivity contribution >= 4 is 10.1 Å². The highest BCUT2D eigenvalue weighted by Crippen LogP contribution is 2.28. The van der Waals surface area contributed by atoms with E-state index in [4.69, 9.17) is 4.74 Å². The van der Waals surface area contributed by atoms with Gasteiger partial charge in [-0.15, -0.1) is 10.2 Å². The Morgan fingerprint density at radius 1 is 1.33 bits per heavy atom. The minimum Gasteiger partial charge on any atom is -0.476 e. The van der Waals surface area contributed by atoms with Crippen LogP contribution in [0, 0.1) is 0 Å². The van der Waals surface area contributed by atoms with Crippen LogP contribution in [0.1, 0.15) is 12.0 Å². The van der Waals surface area contributed by atoms with Crippen molar-refractivity contribution in [3.63, 3.8) is 0 Å². The topological polar surface area (TPSA) is 78.4 Å². The van der Waals surface area contributed by atoms with Crippen molar-refractivity contribution in [1.29, 1.82) is 0 Å². The number of aryl methyl sites for hydroxylation is 1. The molecule has 18 heavy (non-hydrogen) atoms. The molecule has 100 valence electrons. The molecule has 0 saturated carbocycles. The molecule has 0 atom stereocenters. The largest absolute Gasteiger partial charge is 0.534 e. The van der Waals surface area contributed by atoms with Crippen molar-refractivity contribution in [2.45, 2.75) is 18.3 Å². The average molecular weight is 284 g/mol. The average Bonchev–Trinajstić information content (AvgIpc) is 2.27. The smallest absolute Gasteiger partial charge is 0.476 e. The molecule has 0 N–H and O–H groups in total. The van der Waals surface area contributed by atoms with Gasteiger partial charge in [-0.2, -0.15) is 21.6 Å². The van der Waals surface area contributed by atoms with Crippen molar-refractivity contribution in [2.75, 3.05) is 6.61 Å². The van der Waals surface area contributed by atoms with Gasteiger partial charge >= 0.3 is 15.6 Å². The molecule has 0 spiro atoms. The molecular formula is C8H7F3N2O4S. The quantitative estimate of drug-likeness (QED) is 0.596. The first kappa shape index (κ1) is 12.9. The van der Waals surface area contributed by atoms with E-state index in [-0.39, 0.29) is 5.88 Å². The Balaban J connectivity index is 2.26. The molecule has 10 heteroatoms. The van der Waals surface area contributed by atoms with Gasteiger partial charge in [0, 0.05) is 11.6 Å². The molecule has 0 aromatic carbocycles. The molecule has 0 fully saturated rings. The number of fused-ring (bicyclic) bond motifs is 1. The zero-order chi connectivity index (χ0) is 13.4. The van der Waals surface area contributed by atoms with Crippen LogP contribution in [-0.4, -0.2) is 30.7 Å². The molecule has 0 radical (unpaired) electrons.